The molecule has 0 aliphatic carbocycles. The molecule has 0 aromatic rings. The summed E-state index contributed by atoms with van der Waals surface area (Å²) in [6, 6.07) is 0. The number of ether oxygens (including phenoxy) is 1. The van der Waals surface area contributed by atoms with Crippen LogP contribution in [0.4, 0.5) is 0 Å². The predicted molar refractivity (Wildman–Crippen MR) is 82.3 cm³/mol. The van der Waals surface area contributed by atoms with Crippen LogP contribution in [0.25, 0.3) is 0 Å². The van der Waals surface area contributed by atoms with Crippen molar-refractivity contribution in [1.82, 2.24) is 5.32 Å². The van der Waals surface area contributed by atoms with Crippen molar-refractivity contribution in [2.75, 3.05) is 32.8 Å². The minimum absolute atomic E-state index is 0.301. The molecule has 1 aliphatic rings. The SMILES string of the molecule is CC(C)CCCCCCNCC1(CN)CCOCC1. The smallest absolute Gasteiger partial charge is 0.0472 e. The first-order chi connectivity index (χ1) is 9.18. The lowest BCUT2D eigenvalue weighted by atomic mass is 9.80. The van der Waals surface area contributed by atoms with Gasteiger partial charge in [-0.25, -0.2) is 0 Å². The normalized spacial score (nSPS) is 18.9. The molecule has 19 heavy (non-hydrogen) atoms. The summed E-state index contributed by atoms with van der Waals surface area (Å²) in [6.45, 7) is 9.38. The molecule has 0 atom stereocenters. The Hall–Kier alpha value is -0.120. The molecular formula is C16H34N2O. The van der Waals surface area contributed by atoms with Crippen LogP contribution in [0, 0.1) is 11.3 Å². The van der Waals surface area contributed by atoms with E-state index in [4.69, 9.17) is 10.5 Å². The average Bonchev–Trinajstić information content (AvgIpc) is 2.42. The fourth-order valence-electron chi connectivity index (χ4n) is 2.77. The van der Waals surface area contributed by atoms with Gasteiger partial charge in [0, 0.05) is 19.8 Å². The minimum atomic E-state index is 0.301. The highest BCUT2D eigenvalue weighted by molar-refractivity contribution is 4.84. The molecule has 1 aliphatic heterocycles. The van der Waals surface area contributed by atoms with Crippen LogP contribution in [0.3, 0.4) is 0 Å². The molecule has 0 aromatic carbocycles. The number of nitrogens with one attached hydrogen (secondary N) is 1. The van der Waals surface area contributed by atoms with E-state index in [0.29, 0.717) is 5.41 Å². The quantitative estimate of drug-likeness (QED) is 0.600. The van der Waals surface area contributed by atoms with Crippen LogP contribution in [-0.2, 0) is 4.74 Å². The summed E-state index contributed by atoms with van der Waals surface area (Å²) in [5.74, 6) is 0.857. The van der Waals surface area contributed by atoms with Gasteiger partial charge < -0.3 is 15.8 Å². The first kappa shape index (κ1) is 16.9. The van der Waals surface area contributed by atoms with Gasteiger partial charge in [0.2, 0.25) is 0 Å². The van der Waals surface area contributed by atoms with Crippen molar-refractivity contribution in [1.29, 1.82) is 0 Å². The molecule has 0 amide bonds. The number of unbranched alkanes of at least 4 members (excludes halogenated alkanes) is 3. The van der Waals surface area contributed by atoms with Crippen molar-refractivity contribution >= 4 is 0 Å². The maximum absolute atomic E-state index is 5.95. The lowest BCUT2D eigenvalue weighted by Crippen LogP contribution is -2.44. The van der Waals surface area contributed by atoms with E-state index in [9.17, 15) is 0 Å². The van der Waals surface area contributed by atoms with E-state index in [1.54, 1.807) is 0 Å². The van der Waals surface area contributed by atoms with Gasteiger partial charge in [0.1, 0.15) is 0 Å². The third kappa shape index (κ3) is 7.28. The summed E-state index contributed by atoms with van der Waals surface area (Å²) >= 11 is 0. The molecule has 0 aromatic heterocycles. The van der Waals surface area contributed by atoms with E-state index >= 15 is 0 Å². The Labute approximate surface area is 119 Å². The molecule has 0 spiro atoms. The Morgan fingerprint density at radius 1 is 1.11 bits per heavy atom. The Balaban J connectivity index is 1.97. The Bertz CT molecular complexity index is 213. The van der Waals surface area contributed by atoms with Crippen LogP contribution >= 0.6 is 0 Å². The predicted octanol–water partition coefficient (Wildman–Crippen LogP) is 2.94. The van der Waals surface area contributed by atoms with Crippen LogP contribution in [0.2, 0.25) is 0 Å². The van der Waals surface area contributed by atoms with Gasteiger partial charge in [-0.15, -0.1) is 0 Å². The van der Waals surface area contributed by atoms with Gasteiger partial charge in [-0.2, -0.15) is 0 Å². The molecule has 1 rings (SSSR count). The first-order valence-corrected chi connectivity index (χ1v) is 8.17. The summed E-state index contributed by atoms with van der Waals surface area (Å²) in [4.78, 5) is 0. The van der Waals surface area contributed by atoms with Gasteiger partial charge in [0.05, 0.1) is 0 Å². The highest BCUT2D eigenvalue weighted by atomic mass is 16.5. The molecule has 1 saturated heterocycles. The van der Waals surface area contributed by atoms with Gasteiger partial charge >= 0.3 is 0 Å². The topological polar surface area (TPSA) is 47.3 Å². The number of nitrogens with two attached hydrogens (primary N) is 1. The highest BCUT2D eigenvalue weighted by Crippen LogP contribution is 2.28. The van der Waals surface area contributed by atoms with E-state index in [-0.39, 0.29) is 0 Å². The zero-order valence-electron chi connectivity index (χ0n) is 13.0. The van der Waals surface area contributed by atoms with Crippen molar-refractivity contribution < 1.29 is 4.74 Å². The van der Waals surface area contributed by atoms with Crippen LogP contribution in [0.1, 0.15) is 58.8 Å². The van der Waals surface area contributed by atoms with Gasteiger partial charge in [-0.05, 0) is 43.7 Å². The molecule has 1 heterocycles. The molecular weight excluding hydrogens is 236 g/mol. The lowest BCUT2D eigenvalue weighted by Gasteiger charge is -2.36. The molecule has 0 unspecified atom stereocenters. The van der Waals surface area contributed by atoms with E-state index in [0.717, 1.165) is 51.6 Å². The van der Waals surface area contributed by atoms with Crippen molar-refractivity contribution in [3.05, 3.63) is 0 Å². The Morgan fingerprint density at radius 3 is 2.42 bits per heavy atom. The standard InChI is InChI=1S/C16H34N2O/c1-15(2)7-5-3-4-6-10-18-14-16(13-17)8-11-19-12-9-16/h15,18H,3-14,17H2,1-2H3. The van der Waals surface area contributed by atoms with Crippen molar-refractivity contribution in [3.63, 3.8) is 0 Å². The Kier molecular flexibility index (Phi) is 8.67. The van der Waals surface area contributed by atoms with Crippen molar-refractivity contribution in [2.45, 2.75) is 58.8 Å². The fourth-order valence-corrected chi connectivity index (χ4v) is 2.77. The molecule has 0 saturated carbocycles. The summed E-state index contributed by atoms with van der Waals surface area (Å²) in [7, 11) is 0. The summed E-state index contributed by atoms with van der Waals surface area (Å²) < 4.78 is 5.43. The average molecular weight is 270 g/mol. The highest BCUT2D eigenvalue weighted by Gasteiger charge is 2.30. The van der Waals surface area contributed by atoms with E-state index in [1.165, 1.54) is 32.1 Å². The molecule has 3 nitrogen and oxygen atoms in total. The summed E-state index contributed by atoms with van der Waals surface area (Å²) in [5, 5.41) is 3.61. The van der Waals surface area contributed by atoms with Crippen molar-refractivity contribution in [2.24, 2.45) is 17.1 Å². The Morgan fingerprint density at radius 2 is 1.79 bits per heavy atom. The number of hydrogen-bond donors (Lipinski definition) is 2. The van der Waals surface area contributed by atoms with Crippen LogP contribution in [0.15, 0.2) is 0 Å². The molecule has 114 valence electrons. The van der Waals surface area contributed by atoms with Gasteiger partial charge in [-0.1, -0.05) is 39.5 Å². The maximum Gasteiger partial charge on any atom is 0.0472 e. The monoisotopic (exact) mass is 270 g/mol. The molecule has 3 N–H and O–H groups in total. The lowest BCUT2D eigenvalue weighted by molar-refractivity contribution is 0.0193. The second kappa shape index (κ2) is 9.73. The van der Waals surface area contributed by atoms with Crippen molar-refractivity contribution in [3.8, 4) is 0 Å². The molecule has 3 heteroatoms. The zero-order valence-corrected chi connectivity index (χ0v) is 13.0. The van der Waals surface area contributed by atoms with Crippen LogP contribution in [0.5, 0.6) is 0 Å². The number of rotatable bonds is 10. The zero-order chi connectivity index (χ0) is 14.0. The third-order valence-corrected chi connectivity index (χ3v) is 4.37. The second-order valence-corrected chi connectivity index (χ2v) is 6.59. The van der Waals surface area contributed by atoms with Gasteiger partial charge in [0.15, 0.2) is 0 Å². The largest absolute Gasteiger partial charge is 0.381 e. The maximum atomic E-state index is 5.95. The van der Waals surface area contributed by atoms with Crippen LogP contribution in [-0.4, -0.2) is 32.8 Å². The first-order valence-electron chi connectivity index (χ1n) is 8.17. The summed E-state index contributed by atoms with van der Waals surface area (Å²) in [6.07, 6.45) is 9.05. The minimum Gasteiger partial charge on any atom is -0.381 e. The molecule has 0 bridgehead atoms. The molecule has 0 radical (unpaired) electrons. The van der Waals surface area contributed by atoms with Crippen LogP contribution < -0.4 is 11.1 Å². The van der Waals surface area contributed by atoms with E-state index in [1.807, 2.05) is 0 Å². The van der Waals surface area contributed by atoms with Gasteiger partial charge in [-0.3, -0.25) is 0 Å². The second-order valence-electron chi connectivity index (χ2n) is 6.59. The number of hydrogen-bond acceptors (Lipinski definition) is 3. The van der Waals surface area contributed by atoms with E-state index in [2.05, 4.69) is 19.2 Å². The summed E-state index contributed by atoms with van der Waals surface area (Å²) in [5.41, 5.74) is 6.25. The fraction of sp³-hybridized carbons (Fsp3) is 1.00. The third-order valence-electron chi connectivity index (χ3n) is 4.37. The van der Waals surface area contributed by atoms with E-state index < -0.39 is 0 Å². The molecule has 1 fully saturated rings. The van der Waals surface area contributed by atoms with Gasteiger partial charge in [0.25, 0.3) is 0 Å².